The molecule has 1 aromatic rings. The highest BCUT2D eigenvalue weighted by molar-refractivity contribution is 6.31. The minimum atomic E-state index is -0.509. The van der Waals surface area contributed by atoms with Crippen LogP contribution in [-0.4, -0.2) is 37.1 Å². The Hall–Kier alpha value is -1.13. The fraction of sp³-hybridized carbons (Fsp3) is 0.562. The molecule has 0 N–H and O–H groups in total. The van der Waals surface area contributed by atoms with Gasteiger partial charge < -0.3 is 9.64 Å². The summed E-state index contributed by atoms with van der Waals surface area (Å²) in [7, 11) is 1.67. The molecule has 1 saturated heterocycles. The molecule has 2 rings (SSSR count). The van der Waals surface area contributed by atoms with Gasteiger partial charge in [-0.25, -0.2) is 4.39 Å². The summed E-state index contributed by atoms with van der Waals surface area (Å²) < 4.78 is 18.9. The third-order valence-electron chi connectivity index (χ3n) is 3.93. The molecule has 0 radical (unpaired) electrons. The molecule has 5 heteroatoms. The molecule has 1 fully saturated rings. The average molecular weight is 314 g/mol. The smallest absolute Gasteiger partial charge is 0.257 e. The zero-order valence-electron chi connectivity index (χ0n) is 12.3. The number of carbonyl (C=O) groups excluding carboxylic acids is 1. The summed E-state index contributed by atoms with van der Waals surface area (Å²) in [5.41, 5.74) is 0.0705. The normalized spacial score (nSPS) is 18.8. The third-order valence-corrected chi connectivity index (χ3v) is 4.17. The van der Waals surface area contributed by atoms with Crippen LogP contribution in [0.25, 0.3) is 0 Å². The monoisotopic (exact) mass is 313 g/mol. The quantitative estimate of drug-likeness (QED) is 0.772. The molecule has 1 aromatic carbocycles. The fourth-order valence-corrected chi connectivity index (χ4v) is 3.02. The number of nitrogens with zero attached hydrogens (tertiary/aromatic N) is 1. The summed E-state index contributed by atoms with van der Waals surface area (Å²) in [6, 6.07) is 4.29. The summed E-state index contributed by atoms with van der Waals surface area (Å²) in [5.74, 6) is -0.761. The van der Waals surface area contributed by atoms with Crippen molar-refractivity contribution in [2.75, 3.05) is 20.3 Å². The Morgan fingerprint density at radius 1 is 1.48 bits per heavy atom. The van der Waals surface area contributed by atoms with E-state index < -0.39 is 5.82 Å². The molecular weight excluding hydrogens is 293 g/mol. The van der Waals surface area contributed by atoms with Gasteiger partial charge in [0.05, 0.1) is 5.56 Å². The van der Waals surface area contributed by atoms with Crippen LogP contribution in [0.15, 0.2) is 18.2 Å². The van der Waals surface area contributed by atoms with E-state index in [2.05, 4.69) is 0 Å². The van der Waals surface area contributed by atoms with Crippen LogP contribution < -0.4 is 0 Å². The van der Waals surface area contributed by atoms with Crippen molar-refractivity contribution in [2.45, 2.75) is 38.1 Å². The maximum Gasteiger partial charge on any atom is 0.257 e. The van der Waals surface area contributed by atoms with Gasteiger partial charge in [0.1, 0.15) is 5.82 Å². The van der Waals surface area contributed by atoms with Crippen molar-refractivity contribution < 1.29 is 13.9 Å². The number of carbonyl (C=O) groups is 1. The Labute approximate surface area is 130 Å². The Kier molecular flexibility index (Phi) is 6.00. The zero-order valence-corrected chi connectivity index (χ0v) is 13.0. The second-order valence-corrected chi connectivity index (χ2v) is 5.84. The lowest BCUT2D eigenvalue weighted by Gasteiger charge is -2.36. The predicted octanol–water partition coefficient (Wildman–Crippen LogP) is 3.90. The van der Waals surface area contributed by atoms with E-state index in [4.69, 9.17) is 16.3 Å². The van der Waals surface area contributed by atoms with E-state index in [1.54, 1.807) is 12.0 Å². The number of amides is 1. The van der Waals surface area contributed by atoms with Crippen molar-refractivity contribution in [3.63, 3.8) is 0 Å². The van der Waals surface area contributed by atoms with E-state index in [-0.39, 0.29) is 17.5 Å². The standard InChI is InChI=1S/C16H21ClFNO2/c1-21-10-4-6-13-5-2-3-9-19(13)16(20)14-11-12(17)7-8-15(14)18/h7-8,11,13H,2-6,9-10H2,1H3/t13-/m0/s1. The van der Waals surface area contributed by atoms with Crippen LogP contribution in [0.3, 0.4) is 0 Å². The second-order valence-electron chi connectivity index (χ2n) is 5.41. The van der Waals surface area contributed by atoms with Gasteiger partial charge in [0.15, 0.2) is 0 Å². The van der Waals surface area contributed by atoms with E-state index >= 15 is 0 Å². The van der Waals surface area contributed by atoms with Crippen LogP contribution in [-0.2, 0) is 4.74 Å². The van der Waals surface area contributed by atoms with Crippen molar-refractivity contribution in [1.29, 1.82) is 0 Å². The van der Waals surface area contributed by atoms with E-state index in [0.717, 1.165) is 32.1 Å². The third kappa shape index (κ3) is 4.17. The van der Waals surface area contributed by atoms with Gasteiger partial charge >= 0.3 is 0 Å². The number of ether oxygens (including phenoxy) is 1. The first-order valence-electron chi connectivity index (χ1n) is 7.38. The molecule has 1 aliphatic rings. The van der Waals surface area contributed by atoms with Crippen molar-refractivity contribution in [3.8, 4) is 0 Å². The molecular formula is C16H21ClFNO2. The Morgan fingerprint density at radius 3 is 3.05 bits per heavy atom. The molecule has 0 spiro atoms. The van der Waals surface area contributed by atoms with Gasteiger partial charge in [-0.2, -0.15) is 0 Å². The number of rotatable bonds is 5. The fourth-order valence-electron chi connectivity index (χ4n) is 2.85. The number of halogens is 2. The lowest BCUT2D eigenvalue weighted by atomic mass is 9.97. The highest BCUT2D eigenvalue weighted by Gasteiger charge is 2.28. The summed E-state index contributed by atoms with van der Waals surface area (Å²) >= 11 is 5.88. The van der Waals surface area contributed by atoms with E-state index in [1.807, 2.05) is 0 Å². The second kappa shape index (κ2) is 7.76. The minimum Gasteiger partial charge on any atom is -0.385 e. The molecule has 3 nitrogen and oxygen atoms in total. The topological polar surface area (TPSA) is 29.5 Å². The van der Waals surface area contributed by atoms with Gasteiger partial charge in [0.2, 0.25) is 0 Å². The SMILES string of the molecule is COCCC[C@@H]1CCCCN1C(=O)c1cc(Cl)ccc1F. The van der Waals surface area contributed by atoms with Crippen LogP contribution in [0, 0.1) is 5.82 Å². The lowest BCUT2D eigenvalue weighted by Crippen LogP contribution is -2.44. The van der Waals surface area contributed by atoms with Crippen LogP contribution >= 0.6 is 11.6 Å². The molecule has 0 saturated carbocycles. The number of hydrogen-bond acceptors (Lipinski definition) is 2. The Balaban J connectivity index is 2.12. The number of hydrogen-bond donors (Lipinski definition) is 0. The minimum absolute atomic E-state index is 0.0705. The van der Waals surface area contributed by atoms with Gasteiger partial charge in [-0.1, -0.05) is 11.6 Å². The van der Waals surface area contributed by atoms with E-state index in [0.29, 0.717) is 18.2 Å². The molecule has 21 heavy (non-hydrogen) atoms. The summed E-state index contributed by atoms with van der Waals surface area (Å²) in [6.07, 6.45) is 4.84. The van der Waals surface area contributed by atoms with E-state index in [9.17, 15) is 9.18 Å². The van der Waals surface area contributed by atoms with Crippen molar-refractivity contribution in [2.24, 2.45) is 0 Å². The molecule has 1 amide bonds. The van der Waals surface area contributed by atoms with Crippen LogP contribution in [0.1, 0.15) is 42.5 Å². The first kappa shape index (κ1) is 16.2. The van der Waals surface area contributed by atoms with Crippen molar-refractivity contribution in [3.05, 3.63) is 34.6 Å². The highest BCUT2D eigenvalue weighted by atomic mass is 35.5. The molecule has 0 aliphatic carbocycles. The molecule has 116 valence electrons. The van der Waals surface area contributed by atoms with Crippen LogP contribution in [0.5, 0.6) is 0 Å². The van der Waals surface area contributed by atoms with Gasteiger partial charge in [0, 0.05) is 31.3 Å². The predicted molar refractivity (Wildman–Crippen MR) is 81.2 cm³/mol. The molecule has 1 aliphatic heterocycles. The van der Waals surface area contributed by atoms with Gasteiger partial charge in [-0.15, -0.1) is 0 Å². The number of likely N-dealkylation sites (tertiary alicyclic amines) is 1. The lowest BCUT2D eigenvalue weighted by molar-refractivity contribution is 0.0580. The van der Waals surface area contributed by atoms with Crippen LogP contribution in [0.2, 0.25) is 5.02 Å². The maximum atomic E-state index is 13.9. The molecule has 0 bridgehead atoms. The number of piperidine rings is 1. The first-order chi connectivity index (χ1) is 10.1. The summed E-state index contributed by atoms with van der Waals surface area (Å²) in [6.45, 7) is 1.37. The largest absolute Gasteiger partial charge is 0.385 e. The van der Waals surface area contributed by atoms with E-state index in [1.165, 1.54) is 18.2 Å². The summed E-state index contributed by atoms with van der Waals surface area (Å²) in [5, 5.41) is 0.382. The first-order valence-corrected chi connectivity index (χ1v) is 7.76. The molecule has 1 atom stereocenters. The maximum absolute atomic E-state index is 13.9. The summed E-state index contributed by atoms with van der Waals surface area (Å²) in [4.78, 5) is 14.4. The van der Waals surface area contributed by atoms with Gasteiger partial charge in [-0.05, 0) is 50.3 Å². The van der Waals surface area contributed by atoms with Crippen LogP contribution in [0.4, 0.5) is 4.39 Å². The molecule has 0 unspecified atom stereocenters. The molecule has 0 aromatic heterocycles. The average Bonchev–Trinajstić information content (AvgIpc) is 2.50. The number of methoxy groups -OCH3 is 1. The zero-order chi connectivity index (χ0) is 15.2. The number of benzene rings is 1. The van der Waals surface area contributed by atoms with Crippen molar-refractivity contribution >= 4 is 17.5 Å². The highest BCUT2D eigenvalue weighted by Crippen LogP contribution is 2.25. The molecule has 1 heterocycles. The Bertz CT molecular complexity index is 495. The Morgan fingerprint density at radius 2 is 2.29 bits per heavy atom. The van der Waals surface area contributed by atoms with Gasteiger partial charge in [-0.3, -0.25) is 4.79 Å². The van der Waals surface area contributed by atoms with Gasteiger partial charge in [0.25, 0.3) is 5.91 Å². The van der Waals surface area contributed by atoms with Crippen molar-refractivity contribution in [1.82, 2.24) is 4.90 Å².